The highest BCUT2D eigenvalue weighted by Crippen LogP contribution is 2.43. The second-order valence-corrected chi connectivity index (χ2v) is 15.9. The van der Waals surface area contributed by atoms with Gasteiger partial charge in [-0.05, 0) is 62.5 Å². The number of benzene rings is 9. The third-order valence-corrected chi connectivity index (χ3v) is 12.6. The average Bonchev–Trinajstić information content (AvgIpc) is 3.88. The van der Waals surface area contributed by atoms with Crippen LogP contribution in [-0.4, -0.2) is 19.5 Å². The van der Waals surface area contributed by atoms with Crippen LogP contribution in [0.5, 0.6) is 0 Å². The Bertz CT molecular complexity index is 3560. The van der Waals surface area contributed by atoms with Crippen LogP contribution >= 0.6 is 11.3 Å². The van der Waals surface area contributed by atoms with E-state index in [0.717, 1.165) is 49.6 Å². The van der Waals surface area contributed by atoms with E-state index in [0.29, 0.717) is 17.6 Å². The van der Waals surface area contributed by atoms with Gasteiger partial charge in [-0.15, -0.1) is 11.3 Å². The van der Waals surface area contributed by atoms with Gasteiger partial charge >= 0.3 is 0 Å². The first-order valence-corrected chi connectivity index (χ1v) is 21.3. The van der Waals surface area contributed by atoms with Crippen LogP contribution in [0.15, 0.2) is 194 Å². The van der Waals surface area contributed by atoms with E-state index in [-0.39, 0.29) is 0 Å². The number of fused-ring (bicyclic) bond motifs is 9. The van der Waals surface area contributed by atoms with Gasteiger partial charge in [0.25, 0.3) is 0 Å². The molecule has 0 saturated heterocycles. The minimum Gasteiger partial charge on any atom is -0.277 e. The molecule has 0 fully saturated rings. The minimum absolute atomic E-state index is 0.575. The van der Waals surface area contributed by atoms with Crippen molar-refractivity contribution in [2.45, 2.75) is 13.8 Å². The Morgan fingerprint density at radius 3 is 1.82 bits per heavy atom. The average molecular weight is 787 g/mol. The molecule has 0 unspecified atom stereocenters. The van der Waals surface area contributed by atoms with Crippen LogP contribution in [0.25, 0.3) is 115 Å². The van der Waals surface area contributed by atoms with E-state index >= 15 is 0 Å². The Balaban J connectivity index is 0.00000201. The summed E-state index contributed by atoms with van der Waals surface area (Å²) < 4.78 is 4.84. The number of aromatic nitrogens is 4. The molecule has 0 N–H and O–H groups in total. The first-order valence-electron chi connectivity index (χ1n) is 20.5. The fraction of sp³-hybridized carbons (Fsp3) is 0.0364. The summed E-state index contributed by atoms with van der Waals surface area (Å²) in [7, 11) is 0. The number of thiophene rings is 1. The van der Waals surface area contributed by atoms with Crippen molar-refractivity contribution in [1.29, 1.82) is 0 Å². The fourth-order valence-corrected chi connectivity index (χ4v) is 9.81. The third kappa shape index (κ3) is 5.93. The fourth-order valence-electron chi connectivity index (χ4n) is 8.66. The van der Waals surface area contributed by atoms with Crippen LogP contribution in [0.4, 0.5) is 0 Å². The Morgan fingerprint density at radius 1 is 0.383 bits per heavy atom. The number of hydrogen-bond acceptors (Lipinski definition) is 4. The molecule has 5 heteroatoms. The maximum atomic E-state index is 5.38. The van der Waals surface area contributed by atoms with Crippen molar-refractivity contribution >= 4 is 74.9 Å². The third-order valence-electron chi connectivity index (χ3n) is 11.4. The summed E-state index contributed by atoms with van der Waals surface area (Å²) in [5.41, 5.74) is 8.56. The largest absolute Gasteiger partial charge is 0.277 e. The lowest BCUT2D eigenvalue weighted by molar-refractivity contribution is 0.954. The molecule has 0 spiro atoms. The molecule has 0 saturated carbocycles. The van der Waals surface area contributed by atoms with Crippen LogP contribution in [0.2, 0.25) is 0 Å². The van der Waals surface area contributed by atoms with Gasteiger partial charge in [-0.25, -0.2) is 4.98 Å². The second-order valence-electron chi connectivity index (χ2n) is 14.8. The number of hydrogen-bond donors (Lipinski definition) is 0. The normalized spacial score (nSPS) is 11.5. The van der Waals surface area contributed by atoms with Crippen LogP contribution in [0, 0.1) is 0 Å². The molecule has 0 amide bonds. The lowest BCUT2D eigenvalue weighted by atomic mass is 9.99. The molecule has 9 aromatic carbocycles. The molecule has 0 radical (unpaired) electrons. The highest BCUT2D eigenvalue weighted by Gasteiger charge is 2.22. The Labute approximate surface area is 351 Å². The minimum atomic E-state index is 0.575. The van der Waals surface area contributed by atoms with Gasteiger partial charge in [-0.3, -0.25) is 4.57 Å². The van der Waals surface area contributed by atoms with E-state index in [4.69, 9.17) is 15.0 Å². The molecular weight excluding hydrogens is 749 g/mol. The maximum absolute atomic E-state index is 5.38. The van der Waals surface area contributed by atoms with Gasteiger partial charge in [0.05, 0.1) is 11.0 Å². The summed E-state index contributed by atoms with van der Waals surface area (Å²) in [5.74, 6) is 1.82. The lowest BCUT2D eigenvalue weighted by Crippen LogP contribution is -2.07. The topological polar surface area (TPSA) is 43.6 Å². The van der Waals surface area contributed by atoms with Crippen molar-refractivity contribution in [2.75, 3.05) is 0 Å². The molecule has 284 valence electrons. The first-order chi connectivity index (χ1) is 29.7. The quantitative estimate of drug-likeness (QED) is 0.174. The molecule has 3 aromatic heterocycles. The van der Waals surface area contributed by atoms with Crippen molar-refractivity contribution in [3.8, 4) is 51.0 Å². The Morgan fingerprint density at radius 2 is 0.983 bits per heavy atom. The zero-order chi connectivity index (χ0) is 40.2. The van der Waals surface area contributed by atoms with Crippen LogP contribution in [0.1, 0.15) is 13.8 Å². The monoisotopic (exact) mass is 786 g/mol. The van der Waals surface area contributed by atoms with Gasteiger partial charge in [0, 0.05) is 47.6 Å². The van der Waals surface area contributed by atoms with E-state index in [1.54, 1.807) is 0 Å². The van der Waals surface area contributed by atoms with E-state index < -0.39 is 0 Å². The van der Waals surface area contributed by atoms with Crippen LogP contribution < -0.4 is 0 Å². The molecule has 0 bridgehead atoms. The van der Waals surface area contributed by atoms with E-state index in [2.05, 4.69) is 193 Å². The zero-order valence-corrected chi connectivity index (χ0v) is 34.0. The molecule has 0 aliphatic heterocycles. The molecule has 4 nitrogen and oxygen atoms in total. The summed E-state index contributed by atoms with van der Waals surface area (Å²) in [6.45, 7) is 4.00. The first kappa shape index (κ1) is 35.7. The molecule has 0 atom stereocenters. The van der Waals surface area contributed by atoms with Crippen LogP contribution in [0.3, 0.4) is 0 Å². The summed E-state index contributed by atoms with van der Waals surface area (Å²) >= 11 is 1.84. The highest BCUT2D eigenvalue weighted by atomic mass is 32.1. The molecule has 12 aromatic rings. The standard InChI is InChI=1S/C53H32N4S.C2H6/c1-2-11-33(12-3-1)35-21-24-37(25-22-35)51-54-52(40-26-23-34-13-4-5-15-38(34)31-40)56-53(55-51)57-46-30-28-36-14-6-7-16-41(36)49(46)45-19-10-18-42(50(45)57)39-27-29-44-43-17-8-9-20-47(43)58-48(44)32-39;1-2/h1-32H;1-2H3. The van der Waals surface area contributed by atoms with Gasteiger partial charge in [0.1, 0.15) is 0 Å². The van der Waals surface area contributed by atoms with Gasteiger partial charge in [0.2, 0.25) is 5.95 Å². The molecular formula is C55H38N4S. The molecule has 0 aliphatic carbocycles. The van der Waals surface area contributed by atoms with E-state index in [9.17, 15) is 0 Å². The van der Waals surface area contributed by atoms with Gasteiger partial charge < -0.3 is 0 Å². The Hall–Kier alpha value is -7.47. The van der Waals surface area contributed by atoms with Gasteiger partial charge in [0.15, 0.2) is 11.6 Å². The number of rotatable bonds is 5. The second kappa shape index (κ2) is 14.7. The van der Waals surface area contributed by atoms with Crippen molar-refractivity contribution in [2.24, 2.45) is 0 Å². The van der Waals surface area contributed by atoms with E-state index in [1.807, 2.05) is 31.3 Å². The number of para-hydroxylation sites is 1. The van der Waals surface area contributed by atoms with Crippen LogP contribution in [-0.2, 0) is 0 Å². The smallest absolute Gasteiger partial charge is 0.238 e. The lowest BCUT2D eigenvalue weighted by Gasteiger charge is -2.13. The number of nitrogens with zero attached hydrogens (tertiary/aromatic N) is 4. The maximum Gasteiger partial charge on any atom is 0.238 e. The molecule has 60 heavy (non-hydrogen) atoms. The predicted octanol–water partition coefficient (Wildman–Crippen LogP) is 15.3. The van der Waals surface area contributed by atoms with Crippen molar-refractivity contribution in [1.82, 2.24) is 19.5 Å². The van der Waals surface area contributed by atoms with Crippen molar-refractivity contribution in [3.05, 3.63) is 194 Å². The summed E-state index contributed by atoms with van der Waals surface area (Å²) in [6, 6.07) is 69.2. The van der Waals surface area contributed by atoms with E-state index in [1.165, 1.54) is 47.3 Å². The predicted molar refractivity (Wildman–Crippen MR) is 255 cm³/mol. The molecule has 12 rings (SSSR count). The summed E-state index contributed by atoms with van der Waals surface area (Å²) in [6.07, 6.45) is 0. The summed E-state index contributed by atoms with van der Waals surface area (Å²) in [5, 5.41) is 9.61. The molecule has 3 heterocycles. The van der Waals surface area contributed by atoms with Gasteiger partial charge in [-0.2, -0.15) is 9.97 Å². The highest BCUT2D eigenvalue weighted by molar-refractivity contribution is 7.25. The van der Waals surface area contributed by atoms with Crippen molar-refractivity contribution < 1.29 is 0 Å². The molecule has 0 aliphatic rings. The van der Waals surface area contributed by atoms with Gasteiger partial charge in [-0.1, -0.05) is 184 Å². The van der Waals surface area contributed by atoms with Crippen molar-refractivity contribution in [3.63, 3.8) is 0 Å². The Kier molecular flexibility index (Phi) is 8.75. The summed E-state index contributed by atoms with van der Waals surface area (Å²) in [4.78, 5) is 16.0. The SMILES string of the molecule is CC.c1ccc(-c2ccc(-c3nc(-c4ccc5ccccc5c4)nc(-n4c5ccc6ccccc6c5c5cccc(-c6ccc7c(c6)sc6ccccc67)c54)n3)cc2)cc1. The zero-order valence-electron chi connectivity index (χ0n) is 33.2.